The van der Waals surface area contributed by atoms with Crippen LogP contribution in [-0.2, 0) is 0 Å². The van der Waals surface area contributed by atoms with E-state index in [4.69, 9.17) is 0 Å². The largest absolute Gasteiger partial charge is 0.0991 e. The van der Waals surface area contributed by atoms with Gasteiger partial charge in [-0.05, 0) is 17.3 Å². The van der Waals surface area contributed by atoms with Crippen molar-refractivity contribution in [3.63, 3.8) is 0 Å². The van der Waals surface area contributed by atoms with Crippen molar-refractivity contribution in [2.45, 2.75) is 20.8 Å². The molecule has 0 nitrogen and oxygen atoms in total. The van der Waals surface area contributed by atoms with Gasteiger partial charge in [0, 0.05) is 0 Å². The summed E-state index contributed by atoms with van der Waals surface area (Å²) in [6, 6.07) is 0. The Kier molecular flexibility index (Phi) is 1.72. The Bertz CT molecular complexity index is 163. The molecule has 0 saturated heterocycles. The van der Waals surface area contributed by atoms with E-state index in [1.54, 1.807) is 0 Å². The lowest BCUT2D eigenvalue weighted by molar-refractivity contribution is 0.570. The minimum Gasteiger partial charge on any atom is -0.0991 e. The molecule has 2 atom stereocenters. The van der Waals surface area contributed by atoms with Gasteiger partial charge in [-0.2, -0.15) is 0 Å². The maximum Gasteiger partial charge on any atom is -0.0145 e. The molecule has 0 aromatic carbocycles. The van der Waals surface area contributed by atoms with Gasteiger partial charge in [0.2, 0.25) is 0 Å². The van der Waals surface area contributed by atoms with Crippen molar-refractivity contribution in [3.8, 4) is 0 Å². The molecule has 0 amide bonds. The van der Waals surface area contributed by atoms with Crippen LogP contribution in [0.4, 0.5) is 0 Å². The van der Waals surface area contributed by atoms with Crippen LogP contribution < -0.4 is 0 Å². The molecule has 0 aliphatic heterocycles. The van der Waals surface area contributed by atoms with Gasteiger partial charge in [-0.3, -0.25) is 0 Å². The first-order valence-corrected chi connectivity index (χ1v) is 3.90. The van der Waals surface area contributed by atoms with Crippen LogP contribution in [0, 0.1) is 17.3 Å². The normalized spacial score (nSPS) is 36.3. The van der Waals surface area contributed by atoms with Crippen LogP contribution in [0.2, 0.25) is 0 Å². The maximum atomic E-state index is 3.65. The summed E-state index contributed by atoms with van der Waals surface area (Å²) in [5, 5.41) is 0. The summed E-state index contributed by atoms with van der Waals surface area (Å²) in [7, 11) is 0. The summed E-state index contributed by atoms with van der Waals surface area (Å²) in [5.74, 6) is 1.63. The fourth-order valence-corrected chi connectivity index (χ4v) is 1.55. The molecule has 1 rings (SSSR count). The minimum absolute atomic E-state index is 0.541. The molecule has 0 heteroatoms. The van der Waals surface area contributed by atoms with E-state index in [1.807, 2.05) is 6.08 Å². The summed E-state index contributed by atoms with van der Waals surface area (Å²) in [4.78, 5) is 0. The molecule has 0 heterocycles. The molecule has 0 aromatic heterocycles. The van der Waals surface area contributed by atoms with Crippen molar-refractivity contribution in [1.29, 1.82) is 0 Å². The monoisotopic (exact) mass is 136 g/mol. The molecule has 0 aromatic rings. The zero-order valence-corrected chi connectivity index (χ0v) is 7.09. The second-order valence-corrected chi connectivity index (χ2v) is 3.76. The fraction of sp³-hybridized carbons (Fsp3) is 0.600. The van der Waals surface area contributed by atoms with E-state index in [-0.39, 0.29) is 0 Å². The lowest BCUT2D eigenvalue weighted by Gasteiger charge is -1.95. The van der Waals surface area contributed by atoms with Gasteiger partial charge in [-0.25, -0.2) is 0 Å². The summed E-state index contributed by atoms with van der Waals surface area (Å²) < 4.78 is 0. The number of allylic oxidation sites excluding steroid dienone is 3. The van der Waals surface area contributed by atoms with Crippen molar-refractivity contribution in [2.75, 3.05) is 0 Å². The smallest absolute Gasteiger partial charge is 0.0145 e. The first kappa shape index (κ1) is 7.59. The Morgan fingerprint density at radius 1 is 1.40 bits per heavy atom. The van der Waals surface area contributed by atoms with E-state index < -0.39 is 0 Å². The molecule has 56 valence electrons. The second-order valence-electron chi connectivity index (χ2n) is 3.76. The predicted molar refractivity (Wildman–Crippen MR) is 45.8 cm³/mol. The number of hydrogen-bond acceptors (Lipinski definition) is 0. The molecule has 0 bridgehead atoms. The van der Waals surface area contributed by atoms with Gasteiger partial charge in [0.15, 0.2) is 0 Å². The van der Waals surface area contributed by atoms with Crippen molar-refractivity contribution in [2.24, 2.45) is 17.3 Å². The van der Waals surface area contributed by atoms with E-state index in [2.05, 4.69) is 39.5 Å². The van der Waals surface area contributed by atoms with Crippen LogP contribution in [0.25, 0.3) is 0 Å². The van der Waals surface area contributed by atoms with Crippen molar-refractivity contribution in [1.82, 2.24) is 0 Å². The Labute approximate surface area is 63.6 Å². The van der Waals surface area contributed by atoms with Gasteiger partial charge in [0.05, 0.1) is 0 Å². The highest BCUT2D eigenvalue weighted by Gasteiger charge is 2.52. The third-order valence-corrected chi connectivity index (χ3v) is 2.92. The minimum atomic E-state index is 0.541. The third kappa shape index (κ3) is 1.03. The van der Waals surface area contributed by atoms with Gasteiger partial charge in [-0.1, -0.05) is 45.6 Å². The molecule has 1 saturated carbocycles. The first-order chi connectivity index (χ1) is 4.60. The lowest BCUT2D eigenvalue weighted by Crippen LogP contribution is -1.86. The fourth-order valence-electron chi connectivity index (χ4n) is 1.55. The van der Waals surface area contributed by atoms with E-state index in [9.17, 15) is 0 Å². The standard InChI is InChI=1S/C10H16/c1-5-6-7-9-8(2)10(9,3)4/h5-9H,1H2,2-4H3/b7-6+. The molecule has 1 fully saturated rings. The quantitative estimate of drug-likeness (QED) is 0.512. The Hall–Kier alpha value is -0.520. The highest BCUT2D eigenvalue weighted by atomic mass is 14.6. The SMILES string of the molecule is C=C/C=C/C1C(C)C1(C)C. The van der Waals surface area contributed by atoms with E-state index in [0.29, 0.717) is 5.41 Å². The topological polar surface area (TPSA) is 0 Å². The highest BCUT2D eigenvalue weighted by molar-refractivity contribution is 5.15. The highest BCUT2D eigenvalue weighted by Crippen LogP contribution is 2.58. The van der Waals surface area contributed by atoms with Gasteiger partial charge in [0.1, 0.15) is 0 Å². The van der Waals surface area contributed by atoms with Crippen LogP contribution in [0.3, 0.4) is 0 Å². The Balaban J connectivity index is 2.49. The van der Waals surface area contributed by atoms with Gasteiger partial charge < -0.3 is 0 Å². The van der Waals surface area contributed by atoms with Gasteiger partial charge in [0.25, 0.3) is 0 Å². The van der Waals surface area contributed by atoms with Gasteiger partial charge >= 0.3 is 0 Å². The summed E-state index contributed by atoms with van der Waals surface area (Å²) in [5.41, 5.74) is 0.541. The van der Waals surface area contributed by atoms with E-state index in [0.717, 1.165) is 11.8 Å². The zero-order valence-electron chi connectivity index (χ0n) is 7.09. The molecular formula is C10H16. The van der Waals surface area contributed by atoms with Crippen LogP contribution in [0.15, 0.2) is 24.8 Å². The molecule has 0 spiro atoms. The van der Waals surface area contributed by atoms with Crippen LogP contribution in [0.1, 0.15) is 20.8 Å². The average molecular weight is 136 g/mol. The molecule has 0 radical (unpaired) electrons. The maximum absolute atomic E-state index is 3.65. The number of hydrogen-bond donors (Lipinski definition) is 0. The molecule has 2 unspecified atom stereocenters. The van der Waals surface area contributed by atoms with E-state index in [1.165, 1.54) is 0 Å². The first-order valence-electron chi connectivity index (χ1n) is 3.90. The Morgan fingerprint density at radius 3 is 2.20 bits per heavy atom. The molecule has 10 heavy (non-hydrogen) atoms. The molecule has 0 N–H and O–H groups in total. The van der Waals surface area contributed by atoms with Crippen LogP contribution in [-0.4, -0.2) is 0 Å². The average Bonchev–Trinajstić information content (AvgIpc) is 2.31. The van der Waals surface area contributed by atoms with E-state index >= 15 is 0 Å². The number of rotatable bonds is 2. The van der Waals surface area contributed by atoms with Gasteiger partial charge in [-0.15, -0.1) is 0 Å². The van der Waals surface area contributed by atoms with Crippen LogP contribution in [0.5, 0.6) is 0 Å². The van der Waals surface area contributed by atoms with Crippen molar-refractivity contribution in [3.05, 3.63) is 24.8 Å². The van der Waals surface area contributed by atoms with Crippen molar-refractivity contribution >= 4 is 0 Å². The lowest BCUT2D eigenvalue weighted by atomic mass is 10.1. The molecule has 1 aliphatic rings. The zero-order chi connectivity index (χ0) is 7.78. The Morgan fingerprint density at radius 2 is 1.90 bits per heavy atom. The summed E-state index contributed by atoms with van der Waals surface area (Å²) in [6.07, 6.45) is 6.16. The molecule has 1 aliphatic carbocycles. The summed E-state index contributed by atoms with van der Waals surface area (Å²) in [6.45, 7) is 10.6. The predicted octanol–water partition coefficient (Wildman–Crippen LogP) is 3.02. The van der Waals surface area contributed by atoms with Crippen LogP contribution >= 0.6 is 0 Å². The molecular weight excluding hydrogens is 120 g/mol. The van der Waals surface area contributed by atoms with Crippen molar-refractivity contribution < 1.29 is 0 Å². The third-order valence-electron chi connectivity index (χ3n) is 2.92. The second kappa shape index (κ2) is 2.26. The summed E-state index contributed by atoms with van der Waals surface area (Å²) >= 11 is 0.